The number of benzene rings is 2. The zero-order chi connectivity index (χ0) is 25.2. The minimum absolute atomic E-state index is 0.158. The smallest absolute Gasteiger partial charge is 0.405 e. The number of hydrogen-bond acceptors (Lipinski definition) is 5. The summed E-state index contributed by atoms with van der Waals surface area (Å²) in [7, 11) is 4.07. The van der Waals surface area contributed by atoms with E-state index in [2.05, 4.69) is 54.4 Å². The fourth-order valence-corrected chi connectivity index (χ4v) is 5.46. The number of hydrogen-bond donors (Lipinski definition) is 3. The maximum Gasteiger partial charge on any atom is 0.573 e. The lowest BCUT2D eigenvalue weighted by atomic mass is 9.76. The Hall–Kier alpha value is -2.23. The van der Waals surface area contributed by atoms with Crippen molar-refractivity contribution < 1.29 is 17.9 Å². The number of halogens is 4. The molecule has 1 heterocycles. The molecule has 0 radical (unpaired) electrons. The van der Waals surface area contributed by atoms with Crippen LogP contribution in [0.2, 0.25) is 0 Å². The Kier molecular flexibility index (Phi) is 7.68. The Morgan fingerprint density at radius 2 is 1.86 bits per heavy atom. The maximum atomic E-state index is 12.8. The number of anilines is 1. The molecular weight excluding hydrogens is 521 g/mol. The first-order valence-electron chi connectivity index (χ1n) is 11.9. The first kappa shape index (κ1) is 25.9. The molecule has 2 aliphatic rings. The summed E-state index contributed by atoms with van der Waals surface area (Å²) in [5, 5.41) is 7.10. The van der Waals surface area contributed by atoms with E-state index in [1.165, 1.54) is 6.07 Å². The summed E-state index contributed by atoms with van der Waals surface area (Å²) in [4.78, 5) is 2.10. The SMILES string of the molecule is CN(C)C1=CC(N)(C2CCC(NCCc3ccc(Br)cc3OC(F)(F)F)CC2)Nc2ccccc21. The van der Waals surface area contributed by atoms with Gasteiger partial charge in [-0.05, 0) is 74.4 Å². The molecule has 1 atom stereocenters. The van der Waals surface area contributed by atoms with E-state index in [0.717, 1.165) is 42.6 Å². The van der Waals surface area contributed by atoms with E-state index >= 15 is 0 Å². The van der Waals surface area contributed by atoms with E-state index in [1.807, 2.05) is 26.2 Å². The second kappa shape index (κ2) is 10.4. The highest BCUT2D eigenvalue weighted by Gasteiger charge is 2.39. The Balaban J connectivity index is 1.34. The molecule has 4 rings (SSSR count). The van der Waals surface area contributed by atoms with Crippen molar-refractivity contribution in [1.29, 1.82) is 0 Å². The van der Waals surface area contributed by atoms with E-state index in [4.69, 9.17) is 5.73 Å². The highest BCUT2D eigenvalue weighted by atomic mass is 79.9. The number of nitrogens with one attached hydrogen (secondary N) is 2. The fourth-order valence-electron chi connectivity index (χ4n) is 5.12. The zero-order valence-electron chi connectivity index (χ0n) is 20.0. The summed E-state index contributed by atoms with van der Waals surface area (Å²) >= 11 is 3.21. The Morgan fingerprint density at radius 3 is 2.54 bits per heavy atom. The summed E-state index contributed by atoms with van der Waals surface area (Å²) in [5.41, 5.74) is 10.2. The lowest BCUT2D eigenvalue weighted by molar-refractivity contribution is -0.274. The van der Waals surface area contributed by atoms with Gasteiger partial charge in [-0.15, -0.1) is 13.2 Å². The number of rotatable bonds is 7. The Bertz CT molecular complexity index is 1070. The van der Waals surface area contributed by atoms with E-state index in [-0.39, 0.29) is 11.7 Å². The van der Waals surface area contributed by atoms with Crippen molar-refractivity contribution in [2.75, 3.05) is 26.0 Å². The number of para-hydroxylation sites is 1. The molecule has 0 bridgehead atoms. The second-order valence-corrected chi connectivity index (χ2v) is 10.5. The fraction of sp³-hybridized carbons (Fsp3) is 0.462. The Morgan fingerprint density at radius 1 is 1.14 bits per heavy atom. The van der Waals surface area contributed by atoms with Crippen LogP contribution in [0.5, 0.6) is 5.75 Å². The van der Waals surface area contributed by atoms with Gasteiger partial charge in [0.25, 0.3) is 0 Å². The highest BCUT2D eigenvalue weighted by molar-refractivity contribution is 9.10. The largest absolute Gasteiger partial charge is 0.573 e. The predicted octanol–water partition coefficient (Wildman–Crippen LogP) is 5.72. The minimum Gasteiger partial charge on any atom is -0.405 e. The van der Waals surface area contributed by atoms with E-state index in [9.17, 15) is 13.2 Å². The number of fused-ring (bicyclic) bond motifs is 1. The van der Waals surface area contributed by atoms with Crippen LogP contribution in [0.3, 0.4) is 0 Å². The first-order valence-corrected chi connectivity index (χ1v) is 12.7. The van der Waals surface area contributed by atoms with Gasteiger partial charge in [-0.2, -0.15) is 0 Å². The van der Waals surface area contributed by atoms with Crippen LogP contribution in [0.1, 0.15) is 36.8 Å². The van der Waals surface area contributed by atoms with Gasteiger partial charge in [0.1, 0.15) is 11.4 Å². The van der Waals surface area contributed by atoms with Gasteiger partial charge in [-0.3, -0.25) is 0 Å². The van der Waals surface area contributed by atoms with Crippen LogP contribution in [0, 0.1) is 5.92 Å². The average Bonchev–Trinajstić information content (AvgIpc) is 2.79. The van der Waals surface area contributed by atoms with Crippen molar-refractivity contribution in [1.82, 2.24) is 10.2 Å². The molecule has 4 N–H and O–H groups in total. The van der Waals surface area contributed by atoms with E-state index in [0.29, 0.717) is 29.0 Å². The standard InChI is InChI=1S/C26H32BrF3N4O/c1-34(2)23-16-25(31,33-22-6-4-3-5-21(22)23)18-8-11-20(12-9-18)32-14-13-17-7-10-19(27)15-24(17)35-26(28,29)30/h3-7,10,15-16,18,20,32-33H,8-9,11-14,31H2,1-2H3. The molecule has 1 aliphatic heterocycles. The molecule has 0 spiro atoms. The zero-order valence-corrected chi connectivity index (χ0v) is 21.5. The molecule has 190 valence electrons. The maximum absolute atomic E-state index is 12.8. The van der Waals surface area contributed by atoms with Crippen molar-refractivity contribution in [2.24, 2.45) is 11.7 Å². The summed E-state index contributed by atoms with van der Waals surface area (Å²) in [6.45, 7) is 0.579. The number of alkyl halides is 3. The average molecular weight is 553 g/mol. The molecule has 9 heteroatoms. The molecular formula is C26H32BrF3N4O. The van der Waals surface area contributed by atoms with Gasteiger partial charge < -0.3 is 26.0 Å². The molecule has 1 fully saturated rings. The minimum atomic E-state index is -4.71. The van der Waals surface area contributed by atoms with Gasteiger partial charge in [0.2, 0.25) is 0 Å². The van der Waals surface area contributed by atoms with Crippen LogP contribution >= 0.6 is 15.9 Å². The Labute approximate surface area is 213 Å². The predicted molar refractivity (Wildman–Crippen MR) is 137 cm³/mol. The number of nitrogens with two attached hydrogens (primary N) is 1. The topological polar surface area (TPSA) is 62.5 Å². The summed E-state index contributed by atoms with van der Waals surface area (Å²) in [5.74, 6) is 0.122. The van der Waals surface area contributed by atoms with Gasteiger partial charge in [-0.1, -0.05) is 40.2 Å². The van der Waals surface area contributed by atoms with Gasteiger partial charge in [0.05, 0.1) is 0 Å². The van der Waals surface area contributed by atoms with E-state index in [1.54, 1.807) is 12.1 Å². The quantitative estimate of drug-likeness (QED) is 0.410. The molecule has 0 aromatic heterocycles. The van der Waals surface area contributed by atoms with Gasteiger partial charge in [0.15, 0.2) is 0 Å². The molecule has 0 saturated heterocycles. The van der Waals surface area contributed by atoms with Crippen LogP contribution in [0.15, 0.2) is 53.0 Å². The molecule has 35 heavy (non-hydrogen) atoms. The van der Waals surface area contributed by atoms with Crippen LogP contribution in [0.25, 0.3) is 5.70 Å². The van der Waals surface area contributed by atoms with Crippen molar-refractivity contribution in [3.8, 4) is 5.75 Å². The van der Waals surface area contributed by atoms with Gasteiger partial charge in [0, 0.05) is 41.6 Å². The van der Waals surface area contributed by atoms with Crippen molar-refractivity contribution >= 4 is 27.3 Å². The molecule has 1 aliphatic carbocycles. The molecule has 1 unspecified atom stereocenters. The molecule has 2 aromatic rings. The molecule has 2 aromatic carbocycles. The molecule has 5 nitrogen and oxygen atoms in total. The third-order valence-electron chi connectivity index (χ3n) is 6.90. The summed E-state index contributed by atoms with van der Waals surface area (Å²) < 4.78 is 43.0. The van der Waals surface area contributed by atoms with Gasteiger partial charge >= 0.3 is 6.36 Å². The van der Waals surface area contributed by atoms with Crippen LogP contribution < -0.4 is 21.1 Å². The third kappa shape index (κ3) is 6.32. The van der Waals surface area contributed by atoms with Crippen molar-refractivity contribution in [3.05, 3.63) is 64.1 Å². The van der Waals surface area contributed by atoms with Crippen molar-refractivity contribution in [2.45, 2.75) is 50.2 Å². The van der Waals surface area contributed by atoms with Gasteiger partial charge in [-0.25, -0.2) is 0 Å². The third-order valence-corrected chi connectivity index (χ3v) is 7.39. The van der Waals surface area contributed by atoms with Crippen molar-refractivity contribution in [3.63, 3.8) is 0 Å². The summed E-state index contributed by atoms with van der Waals surface area (Å²) in [6.07, 6.45) is 1.74. The lowest BCUT2D eigenvalue weighted by Crippen LogP contribution is -2.56. The molecule has 0 amide bonds. The number of ether oxygens (including phenoxy) is 1. The van der Waals surface area contributed by atoms with Crippen LogP contribution in [-0.2, 0) is 6.42 Å². The summed E-state index contributed by atoms with van der Waals surface area (Å²) in [6, 6.07) is 13.3. The first-order chi connectivity index (χ1) is 16.5. The van der Waals surface area contributed by atoms with E-state index < -0.39 is 12.0 Å². The van der Waals surface area contributed by atoms with Crippen LogP contribution in [0.4, 0.5) is 18.9 Å². The lowest BCUT2D eigenvalue weighted by Gasteiger charge is -2.44. The second-order valence-electron chi connectivity index (χ2n) is 9.58. The normalized spacial score (nSPS) is 24.3. The molecule has 1 saturated carbocycles. The number of nitrogens with zero attached hydrogens (tertiary/aromatic N) is 1. The highest BCUT2D eigenvalue weighted by Crippen LogP contribution is 2.40. The monoisotopic (exact) mass is 552 g/mol. The van der Waals surface area contributed by atoms with Crippen LogP contribution in [-0.4, -0.2) is 43.6 Å².